The van der Waals surface area contributed by atoms with E-state index in [2.05, 4.69) is 287 Å². The Bertz CT molecular complexity index is 3550. The van der Waals surface area contributed by atoms with Gasteiger partial charge in [0.2, 0.25) is 0 Å². The van der Waals surface area contributed by atoms with E-state index in [0.29, 0.717) is 18.5 Å². The third-order valence-electron chi connectivity index (χ3n) is 16.0. The number of nitrogens with zero attached hydrogens (tertiary/aromatic N) is 4. The molecule has 382 valence electrons. The topological polar surface area (TPSA) is 33.5 Å². The van der Waals surface area contributed by atoms with Crippen molar-refractivity contribution in [2.24, 2.45) is 0 Å². The highest BCUT2D eigenvalue weighted by Gasteiger charge is 2.30. The lowest BCUT2D eigenvalue weighted by atomic mass is 9.75. The van der Waals surface area contributed by atoms with E-state index < -0.39 is 0 Å². The van der Waals surface area contributed by atoms with Crippen molar-refractivity contribution in [2.45, 2.75) is 130 Å². The molecule has 5 nitrogen and oxygen atoms in total. The highest BCUT2D eigenvalue weighted by Crippen LogP contribution is 2.44. The van der Waals surface area contributed by atoms with Crippen molar-refractivity contribution < 1.29 is 4.74 Å². The largest absolute Gasteiger partial charge is 0.457 e. The number of rotatable bonds is 12. The second-order valence-electron chi connectivity index (χ2n) is 24.7. The average Bonchev–Trinajstić information content (AvgIpc) is 4.02. The van der Waals surface area contributed by atoms with Crippen molar-refractivity contribution in [2.75, 3.05) is 16.5 Å². The van der Waals surface area contributed by atoms with Crippen LogP contribution in [0.5, 0.6) is 11.5 Å². The molecule has 0 N–H and O–H groups in total. The maximum Gasteiger partial charge on any atom is 0.137 e. The van der Waals surface area contributed by atoms with Crippen LogP contribution in [0.15, 0.2) is 182 Å². The van der Waals surface area contributed by atoms with Crippen molar-refractivity contribution in [1.82, 2.24) is 9.55 Å². The van der Waals surface area contributed by atoms with Gasteiger partial charge < -0.3 is 14.5 Å². The summed E-state index contributed by atoms with van der Waals surface area (Å²) in [5.41, 5.74) is 16.7. The fourth-order valence-electron chi connectivity index (χ4n) is 11.0. The molecule has 0 fully saturated rings. The number of aromatic nitrogens is 2. The minimum absolute atomic E-state index is 0.0360. The van der Waals surface area contributed by atoms with E-state index in [9.17, 15) is 0 Å². The highest BCUT2D eigenvalue weighted by atomic mass is 16.5. The maximum absolute atomic E-state index is 7.21. The zero-order valence-electron chi connectivity index (χ0n) is 46.9. The minimum Gasteiger partial charge on any atom is -0.457 e. The predicted molar refractivity (Wildman–Crippen MR) is 319 cm³/mol. The Labute approximate surface area is 447 Å². The van der Waals surface area contributed by atoms with Gasteiger partial charge in [-0.25, -0.2) is 4.98 Å². The van der Waals surface area contributed by atoms with Crippen LogP contribution in [0.4, 0.5) is 11.4 Å². The van der Waals surface area contributed by atoms with E-state index >= 15 is 0 Å². The molecule has 0 atom stereocenters. The van der Waals surface area contributed by atoms with E-state index in [1.807, 2.05) is 6.20 Å². The lowest BCUT2D eigenvalue weighted by molar-refractivity contribution is 0.483. The van der Waals surface area contributed by atoms with E-state index in [-0.39, 0.29) is 21.7 Å². The molecule has 0 spiro atoms. The molecule has 7 aromatic carbocycles. The van der Waals surface area contributed by atoms with Crippen LogP contribution in [0, 0.1) is 0 Å². The molecule has 1 aliphatic heterocycles. The van der Waals surface area contributed by atoms with E-state index in [1.165, 1.54) is 61.1 Å². The van der Waals surface area contributed by atoms with Gasteiger partial charge in [0.1, 0.15) is 17.3 Å². The standard InChI is InChI=1S/C70H76N4O/c1-46(2)59-26-21-27-60(47(3)4)66(59)48-36-55(72-34-35-73(45-72)56-39-53(68(8,9)10)38-54(40-56)70(13,14)50-24-19-16-20-25-50)43-58(37-48)75-57-29-31-62-61-30-28-52(69(11,12)49-22-17-15-18-23-49)41-63(61)74(64(62)44-57)65-42-51(32-33-71-65)67(5,6)7/h15-44,46-47H,45H2,1-14H3. The summed E-state index contributed by atoms with van der Waals surface area (Å²) >= 11 is 0. The van der Waals surface area contributed by atoms with E-state index in [4.69, 9.17) is 9.72 Å². The quantitative estimate of drug-likeness (QED) is 0.122. The fourth-order valence-corrected chi connectivity index (χ4v) is 11.0. The van der Waals surface area contributed by atoms with Crippen LogP contribution in [0.25, 0.3) is 38.8 Å². The molecule has 0 saturated heterocycles. The summed E-state index contributed by atoms with van der Waals surface area (Å²) in [5, 5.41) is 2.33. The molecule has 0 amide bonds. The number of hydrogen-bond donors (Lipinski definition) is 0. The summed E-state index contributed by atoms with van der Waals surface area (Å²) in [4.78, 5) is 9.83. The van der Waals surface area contributed by atoms with Crippen LogP contribution in [-0.2, 0) is 21.7 Å². The molecule has 1 aliphatic rings. The lowest BCUT2D eigenvalue weighted by Gasteiger charge is -2.31. The zero-order valence-corrected chi connectivity index (χ0v) is 46.9. The fraction of sp³-hybridized carbons (Fsp3) is 0.300. The zero-order chi connectivity index (χ0) is 53.2. The lowest BCUT2D eigenvalue weighted by Crippen LogP contribution is -2.26. The number of anilines is 2. The molecule has 0 unspecified atom stereocenters. The van der Waals surface area contributed by atoms with Gasteiger partial charge in [-0.1, -0.05) is 194 Å². The van der Waals surface area contributed by atoms with Crippen molar-refractivity contribution in [1.29, 1.82) is 0 Å². The van der Waals surface area contributed by atoms with Crippen LogP contribution >= 0.6 is 0 Å². The first-order valence-electron chi connectivity index (χ1n) is 27.1. The van der Waals surface area contributed by atoms with E-state index in [0.717, 1.165) is 45.0 Å². The normalized spacial score (nSPS) is 13.5. The molecule has 0 radical (unpaired) electrons. The molecule has 0 aliphatic carbocycles. The summed E-state index contributed by atoms with van der Waals surface area (Å²) < 4.78 is 9.56. The summed E-state index contributed by atoms with van der Waals surface area (Å²) in [6, 6.07) is 60.5. The minimum atomic E-state index is -0.224. The van der Waals surface area contributed by atoms with Crippen LogP contribution in [0.2, 0.25) is 0 Å². The Morgan fingerprint density at radius 2 is 0.987 bits per heavy atom. The Morgan fingerprint density at radius 3 is 1.57 bits per heavy atom. The van der Waals surface area contributed by atoms with Gasteiger partial charge in [-0.15, -0.1) is 0 Å². The first kappa shape index (κ1) is 51.1. The molecular formula is C70H76N4O. The van der Waals surface area contributed by atoms with Crippen LogP contribution in [-0.4, -0.2) is 16.2 Å². The monoisotopic (exact) mass is 989 g/mol. The molecule has 0 saturated carbocycles. The van der Waals surface area contributed by atoms with Gasteiger partial charge in [0, 0.05) is 63.7 Å². The summed E-state index contributed by atoms with van der Waals surface area (Å²) in [6.07, 6.45) is 6.42. The number of hydrogen-bond acceptors (Lipinski definition) is 4. The molecule has 2 aromatic heterocycles. The number of benzene rings is 7. The Morgan fingerprint density at radius 1 is 0.440 bits per heavy atom. The Balaban J connectivity index is 1.10. The first-order chi connectivity index (χ1) is 35.6. The van der Waals surface area contributed by atoms with Gasteiger partial charge in [-0.3, -0.25) is 4.57 Å². The molecular weight excluding hydrogens is 913 g/mol. The predicted octanol–water partition coefficient (Wildman–Crippen LogP) is 18.9. The van der Waals surface area contributed by atoms with E-state index in [1.54, 1.807) is 0 Å². The smallest absolute Gasteiger partial charge is 0.137 e. The second kappa shape index (κ2) is 19.4. The van der Waals surface area contributed by atoms with Gasteiger partial charge >= 0.3 is 0 Å². The molecule has 3 heterocycles. The summed E-state index contributed by atoms with van der Waals surface area (Å²) in [6.45, 7) is 32.9. The maximum atomic E-state index is 7.21. The average molecular weight is 989 g/mol. The van der Waals surface area contributed by atoms with Crippen molar-refractivity contribution >= 4 is 33.2 Å². The first-order valence-corrected chi connectivity index (χ1v) is 27.1. The van der Waals surface area contributed by atoms with Gasteiger partial charge in [0.25, 0.3) is 0 Å². The van der Waals surface area contributed by atoms with Crippen molar-refractivity contribution in [3.63, 3.8) is 0 Å². The summed E-state index contributed by atoms with van der Waals surface area (Å²) in [5.74, 6) is 3.09. The molecule has 10 rings (SSSR count). The molecule has 9 aromatic rings. The van der Waals surface area contributed by atoms with Crippen LogP contribution in [0.3, 0.4) is 0 Å². The Kier molecular flexibility index (Phi) is 13.2. The number of pyridine rings is 1. The number of fused-ring (bicyclic) bond motifs is 3. The van der Waals surface area contributed by atoms with Gasteiger partial charge in [0.05, 0.1) is 17.7 Å². The molecule has 5 heteroatoms. The summed E-state index contributed by atoms with van der Waals surface area (Å²) in [7, 11) is 0. The van der Waals surface area contributed by atoms with Crippen LogP contribution in [0.1, 0.15) is 153 Å². The Hall–Kier alpha value is -7.37. The highest BCUT2D eigenvalue weighted by molar-refractivity contribution is 6.09. The molecule has 0 bridgehead atoms. The van der Waals surface area contributed by atoms with Gasteiger partial charge in [-0.05, 0) is 133 Å². The third kappa shape index (κ3) is 9.90. The molecule has 75 heavy (non-hydrogen) atoms. The second-order valence-corrected chi connectivity index (χ2v) is 24.7. The van der Waals surface area contributed by atoms with Gasteiger partial charge in [-0.2, -0.15) is 0 Å². The van der Waals surface area contributed by atoms with Crippen molar-refractivity contribution in [3.05, 3.63) is 227 Å². The van der Waals surface area contributed by atoms with Gasteiger partial charge in [0.15, 0.2) is 0 Å². The third-order valence-corrected chi connectivity index (χ3v) is 16.0. The van der Waals surface area contributed by atoms with Crippen LogP contribution < -0.4 is 14.5 Å². The SMILES string of the molecule is CC(C)c1cccc(C(C)C)c1-c1cc(Oc2ccc3c4ccc(C(C)(C)c5ccccc5)cc4n(-c4cc(C(C)(C)C)ccn4)c3c2)cc(N2C=CN(c3cc(C(C)(C)C)cc(C(C)(C)c4ccccc4)c3)C2)c1. The number of ether oxygens (including phenoxy) is 1. The van der Waals surface area contributed by atoms with Crippen molar-refractivity contribution in [3.8, 4) is 28.4 Å².